The summed E-state index contributed by atoms with van der Waals surface area (Å²) < 4.78 is 0. The fraction of sp³-hybridized carbons (Fsp3) is 0.600. The molecular formula is C15H26N2. The van der Waals surface area contributed by atoms with Gasteiger partial charge < -0.3 is 10.6 Å². The summed E-state index contributed by atoms with van der Waals surface area (Å²) in [6.45, 7) is 11.9. The third kappa shape index (κ3) is 6.32. The minimum Gasteiger partial charge on any atom is -0.380 e. The van der Waals surface area contributed by atoms with Crippen LogP contribution in [0.3, 0.4) is 0 Å². The predicted octanol–water partition coefficient (Wildman–Crippen LogP) is 3.44. The van der Waals surface area contributed by atoms with Crippen LogP contribution >= 0.6 is 0 Å². The fourth-order valence-corrected chi connectivity index (χ4v) is 1.69. The monoisotopic (exact) mass is 234 g/mol. The van der Waals surface area contributed by atoms with Gasteiger partial charge in [0.15, 0.2) is 0 Å². The van der Waals surface area contributed by atoms with E-state index >= 15 is 0 Å². The van der Waals surface area contributed by atoms with Crippen molar-refractivity contribution in [2.75, 3.05) is 11.9 Å². The minimum atomic E-state index is 0.126. The van der Waals surface area contributed by atoms with Gasteiger partial charge >= 0.3 is 0 Å². The highest BCUT2D eigenvalue weighted by Crippen LogP contribution is 2.15. The highest BCUT2D eigenvalue weighted by Gasteiger charge is 2.08. The van der Waals surface area contributed by atoms with Crippen LogP contribution in [-0.4, -0.2) is 18.1 Å². The molecule has 2 heteroatoms. The van der Waals surface area contributed by atoms with Gasteiger partial charge in [0.1, 0.15) is 0 Å². The van der Waals surface area contributed by atoms with Gasteiger partial charge in [0.25, 0.3) is 0 Å². The third-order valence-corrected chi connectivity index (χ3v) is 2.44. The van der Waals surface area contributed by atoms with Gasteiger partial charge in [0.2, 0.25) is 0 Å². The molecule has 0 amide bonds. The number of hydrogen-bond acceptors (Lipinski definition) is 2. The zero-order valence-corrected chi connectivity index (χ0v) is 11.8. The minimum absolute atomic E-state index is 0.126. The van der Waals surface area contributed by atoms with E-state index in [0.29, 0.717) is 6.04 Å². The Morgan fingerprint density at radius 3 is 2.12 bits per heavy atom. The average molecular weight is 234 g/mol. The molecule has 0 heterocycles. The summed E-state index contributed by atoms with van der Waals surface area (Å²) in [5.74, 6) is 0. The standard InChI is InChI=1S/C15H26N2/c1-12(2)16-11-10-13-6-8-14(9-7-13)17-15(3,4)5/h6-9,12,16-17H,10-11H2,1-5H3. The van der Waals surface area contributed by atoms with Crippen LogP contribution in [0.4, 0.5) is 5.69 Å². The van der Waals surface area contributed by atoms with Gasteiger partial charge in [-0.3, -0.25) is 0 Å². The van der Waals surface area contributed by atoms with Crippen molar-refractivity contribution >= 4 is 5.69 Å². The van der Waals surface area contributed by atoms with E-state index in [1.165, 1.54) is 11.3 Å². The summed E-state index contributed by atoms with van der Waals surface area (Å²) in [5, 5.41) is 6.90. The number of hydrogen-bond donors (Lipinski definition) is 2. The topological polar surface area (TPSA) is 24.1 Å². The summed E-state index contributed by atoms with van der Waals surface area (Å²) in [5.41, 5.74) is 2.71. The highest BCUT2D eigenvalue weighted by molar-refractivity contribution is 5.46. The van der Waals surface area contributed by atoms with Crippen molar-refractivity contribution in [2.24, 2.45) is 0 Å². The second-order valence-electron chi connectivity index (χ2n) is 5.93. The predicted molar refractivity (Wildman–Crippen MR) is 76.7 cm³/mol. The summed E-state index contributed by atoms with van der Waals surface area (Å²) in [7, 11) is 0. The Morgan fingerprint density at radius 1 is 1.06 bits per heavy atom. The van der Waals surface area contributed by atoms with E-state index < -0.39 is 0 Å². The van der Waals surface area contributed by atoms with Gasteiger partial charge in [0, 0.05) is 17.3 Å². The van der Waals surface area contributed by atoms with Crippen LogP contribution in [0.1, 0.15) is 40.2 Å². The SMILES string of the molecule is CC(C)NCCc1ccc(NC(C)(C)C)cc1. The Balaban J connectivity index is 2.45. The van der Waals surface area contributed by atoms with Crippen LogP contribution < -0.4 is 10.6 Å². The first-order valence-corrected chi connectivity index (χ1v) is 6.47. The van der Waals surface area contributed by atoms with E-state index in [2.05, 4.69) is 69.5 Å². The van der Waals surface area contributed by atoms with Crippen LogP contribution in [0.5, 0.6) is 0 Å². The zero-order valence-electron chi connectivity index (χ0n) is 11.8. The normalized spacial score (nSPS) is 11.9. The molecule has 0 fully saturated rings. The lowest BCUT2D eigenvalue weighted by atomic mass is 10.1. The molecule has 0 aliphatic heterocycles. The summed E-state index contributed by atoms with van der Waals surface area (Å²) in [6.07, 6.45) is 1.09. The quantitative estimate of drug-likeness (QED) is 0.815. The molecule has 1 aromatic rings. The summed E-state index contributed by atoms with van der Waals surface area (Å²) in [4.78, 5) is 0. The molecular weight excluding hydrogens is 208 g/mol. The largest absolute Gasteiger partial charge is 0.380 e. The molecule has 1 aromatic carbocycles. The summed E-state index contributed by atoms with van der Waals surface area (Å²) in [6, 6.07) is 9.30. The van der Waals surface area contributed by atoms with E-state index in [9.17, 15) is 0 Å². The van der Waals surface area contributed by atoms with Crippen LogP contribution in [-0.2, 0) is 6.42 Å². The maximum absolute atomic E-state index is 3.47. The Hall–Kier alpha value is -1.02. The Bertz CT molecular complexity index is 320. The van der Waals surface area contributed by atoms with Crippen LogP contribution in [0.2, 0.25) is 0 Å². The van der Waals surface area contributed by atoms with E-state index in [1.54, 1.807) is 0 Å². The fourth-order valence-electron chi connectivity index (χ4n) is 1.69. The molecule has 0 spiro atoms. The summed E-state index contributed by atoms with van der Waals surface area (Å²) >= 11 is 0. The van der Waals surface area contributed by atoms with Crippen LogP contribution in [0, 0.1) is 0 Å². The van der Waals surface area contributed by atoms with Crippen molar-refractivity contribution in [3.63, 3.8) is 0 Å². The van der Waals surface area contributed by atoms with Gasteiger partial charge in [-0.2, -0.15) is 0 Å². The lowest BCUT2D eigenvalue weighted by molar-refractivity contribution is 0.590. The molecule has 17 heavy (non-hydrogen) atoms. The van der Waals surface area contributed by atoms with E-state index in [-0.39, 0.29) is 5.54 Å². The number of anilines is 1. The molecule has 0 bridgehead atoms. The second kappa shape index (κ2) is 6.06. The molecule has 0 saturated heterocycles. The van der Waals surface area contributed by atoms with Crippen molar-refractivity contribution in [3.05, 3.63) is 29.8 Å². The van der Waals surface area contributed by atoms with Crippen molar-refractivity contribution in [1.82, 2.24) is 5.32 Å². The Labute approximate surface area is 106 Å². The molecule has 0 aliphatic carbocycles. The van der Waals surface area contributed by atoms with E-state index in [1.807, 2.05) is 0 Å². The molecule has 1 rings (SSSR count). The van der Waals surface area contributed by atoms with Gasteiger partial charge in [-0.25, -0.2) is 0 Å². The molecule has 2 nitrogen and oxygen atoms in total. The van der Waals surface area contributed by atoms with Gasteiger partial charge in [-0.05, 0) is 51.4 Å². The number of benzene rings is 1. The highest BCUT2D eigenvalue weighted by atomic mass is 14.9. The van der Waals surface area contributed by atoms with Crippen molar-refractivity contribution in [3.8, 4) is 0 Å². The van der Waals surface area contributed by atoms with Crippen LogP contribution in [0.15, 0.2) is 24.3 Å². The second-order valence-corrected chi connectivity index (χ2v) is 5.93. The Morgan fingerprint density at radius 2 is 1.65 bits per heavy atom. The Kier molecular flexibility index (Phi) is 5.01. The zero-order chi connectivity index (χ0) is 12.9. The smallest absolute Gasteiger partial charge is 0.0344 e. The van der Waals surface area contributed by atoms with E-state index in [4.69, 9.17) is 0 Å². The molecule has 0 atom stereocenters. The van der Waals surface area contributed by atoms with Gasteiger partial charge in [0.05, 0.1) is 0 Å². The van der Waals surface area contributed by atoms with Crippen molar-refractivity contribution in [2.45, 2.75) is 52.6 Å². The lowest BCUT2D eigenvalue weighted by Crippen LogP contribution is -2.26. The van der Waals surface area contributed by atoms with Crippen LogP contribution in [0.25, 0.3) is 0 Å². The number of nitrogens with one attached hydrogen (secondary N) is 2. The molecule has 0 aliphatic rings. The van der Waals surface area contributed by atoms with Gasteiger partial charge in [-0.15, -0.1) is 0 Å². The van der Waals surface area contributed by atoms with Gasteiger partial charge in [-0.1, -0.05) is 26.0 Å². The number of rotatable bonds is 5. The van der Waals surface area contributed by atoms with Crippen molar-refractivity contribution < 1.29 is 0 Å². The third-order valence-electron chi connectivity index (χ3n) is 2.44. The molecule has 0 unspecified atom stereocenters. The first-order valence-electron chi connectivity index (χ1n) is 6.47. The lowest BCUT2D eigenvalue weighted by Gasteiger charge is -2.22. The maximum Gasteiger partial charge on any atom is 0.0344 e. The molecule has 0 saturated carbocycles. The molecule has 0 radical (unpaired) electrons. The average Bonchev–Trinajstić information content (AvgIpc) is 2.18. The maximum atomic E-state index is 3.47. The van der Waals surface area contributed by atoms with E-state index in [0.717, 1.165) is 13.0 Å². The molecule has 0 aromatic heterocycles. The first kappa shape index (κ1) is 14.0. The first-order chi connectivity index (χ1) is 7.87. The molecule has 2 N–H and O–H groups in total. The van der Waals surface area contributed by atoms with Crippen molar-refractivity contribution in [1.29, 1.82) is 0 Å². The molecule has 96 valence electrons.